The van der Waals surface area contributed by atoms with Crippen molar-refractivity contribution in [2.45, 2.75) is 54.8 Å². The molecular formula is C46H48N2O2. The molecule has 0 fully saturated rings. The summed E-state index contributed by atoms with van der Waals surface area (Å²) in [6, 6.07) is 44.4. The van der Waals surface area contributed by atoms with Gasteiger partial charge in [-0.25, -0.2) is 0 Å². The predicted molar refractivity (Wildman–Crippen MR) is 211 cm³/mol. The van der Waals surface area contributed by atoms with Gasteiger partial charge < -0.3 is 19.3 Å². The second-order valence-electron chi connectivity index (χ2n) is 13.4. The Bertz CT molecular complexity index is 1860. The third-order valence-electron chi connectivity index (χ3n) is 9.62. The third-order valence-corrected chi connectivity index (χ3v) is 9.62. The standard InChI is InChI=1S/C46H48N2O2/c1-31-9-17-39(18-10-31)47(43-25-33(3)45(29-49-7)34(4)26-43)41-21-13-37(14-22-41)38-15-23-42(24-16-38)48(40-19-11-32(2)12-20-40)44-27-35(5)46(30-50-8)36(6)28-44/h9-28H,29-30H2,1-8H3. The average Bonchev–Trinajstić information content (AvgIpc) is 3.11. The summed E-state index contributed by atoms with van der Waals surface area (Å²) >= 11 is 0. The van der Waals surface area contributed by atoms with Crippen LogP contribution in [-0.2, 0) is 22.7 Å². The Morgan fingerprint density at radius 2 is 0.620 bits per heavy atom. The number of ether oxygens (including phenoxy) is 2. The number of nitrogens with zero attached hydrogens (tertiary/aromatic N) is 2. The molecule has 0 aliphatic rings. The first-order chi connectivity index (χ1) is 24.2. The first kappa shape index (κ1) is 34.7. The molecule has 6 rings (SSSR count). The van der Waals surface area contributed by atoms with Crippen molar-refractivity contribution in [2.24, 2.45) is 0 Å². The molecule has 0 bridgehead atoms. The van der Waals surface area contributed by atoms with Crippen molar-refractivity contribution >= 4 is 34.1 Å². The van der Waals surface area contributed by atoms with Crippen LogP contribution >= 0.6 is 0 Å². The normalized spacial score (nSPS) is 11.1. The summed E-state index contributed by atoms with van der Waals surface area (Å²) < 4.78 is 11.0. The van der Waals surface area contributed by atoms with Crippen molar-refractivity contribution in [2.75, 3.05) is 24.0 Å². The highest BCUT2D eigenvalue weighted by Gasteiger charge is 2.18. The number of rotatable bonds is 11. The first-order valence-corrected chi connectivity index (χ1v) is 17.3. The monoisotopic (exact) mass is 660 g/mol. The lowest BCUT2D eigenvalue weighted by atomic mass is 10.00. The maximum Gasteiger partial charge on any atom is 0.0718 e. The molecule has 0 radical (unpaired) electrons. The lowest BCUT2D eigenvalue weighted by molar-refractivity contribution is 0.184. The van der Waals surface area contributed by atoms with E-state index in [-0.39, 0.29) is 0 Å². The van der Waals surface area contributed by atoms with Gasteiger partial charge in [0, 0.05) is 48.3 Å². The number of methoxy groups -OCH3 is 2. The fraction of sp³-hybridized carbons (Fsp3) is 0.217. The van der Waals surface area contributed by atoms with E-state index in [1.165, 1.54) is 55.6 Å². The van der Waals surface area contributed by atoms with Gasteiger partial charge in [-0.3, -0.25) is 0 Å². The van der Waals surface area contributed by atoms with E-state index in [9.17, 15) is 0 Å². The maximum absolute atomic E-state index is 5.50. The molecule has 0 saturated heterocycles. The van der Waals surface area contributed by atoms with E-state index in [1.54, 1.807) is 14.2 Å². The molecule has 0 atom stereocenters. The van der Waals surface area contributed by atoms with Crippen LogP contribution in [0.1, 0.15) is 44.5 Å². The molecule has 0 unspecified atom stereocenters. The summed E-state index contributed by atoms with van der Waals surface area (Å²) in [6.07, 6.45) is 0. The Labute approximate surface area is 298 Å². The summed E-state index contributed by atoms with van der Waals surface area (Å²) in [4.78, 5) is 4.68. The van der Waals surface area contributed by atoms with Crippen molar-refractivity contribution in [1.82, 2.24) is 0 Å². The van der Waals surface area contributed by atoms with Crippen molar-refractivity contribution in [1.29, 1.82) is 0 Å². The molecule has 6 aromatic rings. The number of benzene rings is 6. The van der Waals surface area contributed by atoms with Gasteiger partial charge in [0.05, 0.1) is 13.2 Å². The number of hydrogen-bond acceptors (Lipinski definition) is 4. The van der Waals surface area contributed by atoms with Crippen molar-refractivity contribution < 1.29 is 9.47 Å². The molecular weight excluding hydrogens is 613 g/mol. The molecule has 0 heterocycles. The summed E-state index contributed by atoms with van der Waals surface area (Å²) in [5.41, 5.74) is 19.0. The van der Waals surface area contributed by atoms with Crippen molar-refractivity contribution in [3.8, 4) is 11.1 Å². The Hall–Kier alpha value is -5.16. The molecule has 50 heavy (non-hydrogen) atoms. The summed E-state index contributed by atoms with van der Waals surface area (Å²) in [5, 5.41) is 0. The molecule has 0 aliphatic carbocycles. The smallest absolute Gasteiger partial charge is 0.0718 e. The Kier molecular flexibility index (Phi) is 10.5. The zero-order valence-corrected chi connectivity index (χ0v) is 30.7. The van der Waals surface area contributed by atoms with E-state index in [0.717, 1.165) is 34.1 Å². The highest BCUT2D eigenvalue weighted by Crippen LogP contribution is 2.40. The largest absolute Gasteiger partial charge is 0.380 e. The maximum atomic E-state index is 5.50. The average molecular weight is 661 g/mol. The van der Waals surface area contributed by atoms with E-state index in [2.05, 4.69) is 173 Å². The lowest BCUT2D eigenvalue weighted by Crippen LogP contribution is -2.11. The molecule has 4 nitrogen and oxygen atoms in total. The van der Waals surface area contributed by atoms with Crippen LogP contribution < -0.4 is 9.80 Å². The SMILES string of the molecule is COCc1c(C)cc(N(c2ccc(C)cc2)c2ccc(-c3ccc(N(c4ccc(C)cc4)c4cc(C)c(COC)c(C)c4)cc3)cc2)cc1C. The van der Waals surface area contributed by atoms with E-state index in [1.807, 2.05) is 0 Å². The Balaban J connectivity index is 1.35. The summed E-state index contributed by atoms with van der Waals surface area (Å²) in [6.45, 7) is 14.2. The van der Waals surface area contributed by atoms with Gasteiger partial charge in [-0.2, -0.15) is 0 Å². The van der Waals surface area contributed by atoms with Gasteiger partial charge in [-0.1, -0.05) is 59.7 Å². The summed E-state index contributed by atoms with van der Waals surface area (Å²) in [7, 11) is 3.51. The van der Waals surface area contributed by atoms with Gasteiger partial charge in [-0.05, 0) is 159 Å². The van der Waals surface area contributed by atoms with Crippen molar-refractivity contribution in [3.63, 3.8) is 0 Å². The zero-order chi connectivity index (χ0) is 35.4. The first-order valence-electron chi connectivity index (χ1n) is 17.3. The molecule has 6 aromatic carbocycles. The Morgan fingerprint density at radius 3 is 0.880 bits per heavy atom. The fourth-order valence-electron chi connectivity index (χ4n) is 6.83. The third kappa shape index (κ3) is 7.38. The highest BCUT2D eigenvalue weighted by atomic mass is 16.5. The van der Waals surface area contributed by atoms with E-state index >= 15 is 0 Å². The molecule has 0 saturated carbocycles. The second kappa shape index (κ2) is 15.2. The van der Waals surface area contributed by atoms with Gasteiger partial charge in [0.2, 0.25) is 0 Å². The molecule has 0 spiro atoms. The van der Waals surface area contributed by atoms with Crippen LogP contribution in [0.25, 0.3) is 11.1 Å². The van der Waals surface area contributed by atoms with E-state index in [4.69, 9.17) is 9.47 Å². The number of hydrogen-bond donors (Lipinski definition) is 0. The van der Waals surface area contributed by atoms with Crippen LogP contribution in [0.15, 0.2) is 121 Å². The molecule has 4 heteroatoms. The molecule has 0 N–H and O–H groups in total. The van der Waals surface area contributed by atoms with Gasteiger partial charge in [0.15, 0.2) is 0 Å². The van der Waals surface area contributed by atoms with E-state index < -0.39 is 0 Å². The minimum Gasteiger partial charge on any atom is -0.380 e. The van der Waals surface area contributed by atoms with Crippen LogP contribution in [0.3, 0.4) is 0 Å². The van der Waals surface area contributed by atoms with E-state index in [0.29, 0.717) is 13.2 Å². The minimum absolute atomic E-state index is 0.610. The number of anilines is 6. The zero-order valence-electron chi connectivity index (χ0n) is 30.7. The molecule has 0 aliphatic heterocycles. The highest BCUT2D eigenvalue weighted by molar-refractivity contribution is 5.81. The van der Waals surface area contributed by atoms with Crippen LogP contribution in [0.2, 0.25) is 0 Å². The quantitative estimate of drug-likeness (QED) is 0.138. The van der Waals surface area contributed by atoms with Gasteiger partial charge in [-0.15, -0.1) is 0 Å². The summed E-state index contributed by atoms with van der Waals surface area (Å²) in [5.74, 6) is 0. The van der Waals surface area contributed by atoms with Crippen LogP contribution in [0.5, 0.6) is 0 Å². The lowest BCUT2D eigenvalue weighted by Gasteiger charge is -2.28. The fourth-order valence-corrected chi connectivity index (χ4v) is 6.83. The predicted octanol–water partition coefficient (Wildman–Crippen LogP) is 12.4. The Morgan fingerprint density at radius 1 is 0.360 bits per heavy atom. The van der Waals surface area contributed by atoms with Crippen molar-refractivity contribution in [3.05, 3.63) is 166 Å². The van der Waals surface area contributed by atoms with Gasteiger partial charge in [0.25, 0.3) is 0 Å². The molecule has 254 valence electrons. The molecule has 0 amide bonds. The van der Waals surface area contributed by atoms with Gasteiger partial charge in [0.1, 0.15) is 0 Å². The van der Waals surface area contributed by atoms with Crippen LogP contribution in [0.4, 0.5) is 34.1 Å². The number of aryl methyl sites for hydroxylation is 6. The topological polar surface area (TPSA) is 24.9 Å². The molecule has 0 aromatic heterocycles. The van der Waals surface area contributed by atoms with Crippen LogP contribution in [-0.4, -0.2) is 14.2 Å². The second-order valence-corrected chi connectivity index (χ2v) is 13.4. The van der Waals surface area contributed by atoms with Crippen LogP contribution in [0, 0.1) is 41.5 Å². The van der Waals surface area contributed by atoms with Gasteiger partial charge >= 0.3 is 0 Å². The minimum atomic E-state index is 0.610.